The number of amides is 1. The van der Waals surface area contributed by atoms with Gasteiger partial charge in [-0.2, -0.15) is 0 Å². The van der Waals surface area contributed by atoms with E-state index in [1.807, 2.05) is 24.3 Å². The van der Waals surface area contributed by atoms with E-state index in [0.717, 1.165) is 11.3 Å². The van der Waals surface area contributed by atoms with Gasteiger partial charge >= 0.3 is 0 Å². The molecule has 3 N–H and O–H groups in total. The average Bonchev–Trinajstić information content (AvgIpc) is 2.93. The van der Waals surface area contributed by atoms with Crippen molar-refractivity contribution in [2.45, 2.75) is 24.7 Å². The van der Waals surface area contributed by atoms with Gasteiger partial charge in [-0.1, -0.05) is 18.2 Å². The Kier molecular flexibility index (Phi) is 2.72. The minimum atomic E-state index is -0.822. The van der Waals surface area contributed by atoms with E-state index in [1.54, 1.807) is 0 Å². The molecule has 5 nitrogen and oxygen atoms in total. The average molecular weight is 248 g/mol. The van der Waals surface area contributed by atoms with Gasteiger partial charge in [-0.05, 0) is 11.6 Å². The summed E-state index contributed by atoms with van der Waals surface area (Å²) in [6, 6.07) is 7.57. The zero-order valence-electron chi connectivity index (χ0n) is 9.91. The van der Waals surface area contributed by atoms with Crippen molar-refractivity contribution < 1.29 is 15.0 Å². The van der Waals surface area contributed by atoms with Crippen molar-refractivity contribution in [1.82, 2.24) is 4.90 Å². The highest BCUT2D eigenvalue weighted by molar-refractivity contribution is 5.87. The summed E-state index contributed by atoms with van der Waals surface area (Å²) in [7, 11) is 0. The molecule has 0 spiro atoms. The maximum Gasteiger partial charge on any atom is 0.245 e. The molecule has 1 aromatic rings. The molecule has 5 heteroatoms. The molecule has 0 unspecified atom stereocenters. The van der Waals surface area contributed by atoms with Crippen LogP contribution < -0.4 is 5.32 Å². The smallest absolute Gasteiger partial charge is 0.245 e. The SMILES string of the molecule is O=C([C@@H]1Cc2ccccc2N1)N1C[C@@H](O)[C@@H](O)C1. The number of aliphatic hydroxyl groups excluding tert-OH is 2. The van der Waals surface area contributed by atoms with Crippen LogP contribution in [0.2, 0.25) is 0 Å². The Balaban J connectivity index is 1.70. The summed E-state index contributed by atoms with van der Waals surface area (Å²) in [5.74, 6) is -0.0539. The zero-order chi connectivity index (χ0) is 12.7. The number of anilines is 1. The van der Waals surface area contributed by atoms with E-state index in [0.29, 0.717) is 6.42 Å². The summed E-state index contributed by atoms with van der Waals surface area (Å²) in [5, 5.41) is 22.1. The van der Waals surface area contributed by atoms with Crippen molar-refractivity contribution in [1.29, 1.82) is 0 Å². The molecule has 0 radical (unpaired) electrons. The predicted molar refractivity (Wildman–Crippen MR) is 66.2 cm³/mol. The lowest BCUT2D eigenvalue weighted by atomic mass is 10.1. The summed E-state index contributed by atoms with van der Waals surface area (Å²) < 4.78 is 0. The molecule has 96 valence electrons. The molecule has 1 fully saturated rings. The number of benzene rings is 1. The normalized spacial score (nSPS) is 30.1. The van der Waals surface area contributed by atoms with Crippen LogP contribution >= 0.6 is 0 Å². The third-order valence-electron chi connectivity index (χ3n) is 3.64. The Morgan fingerprint density at radius 3 is 2.56 bits per heavy atom. The minimum Gasteiger partial charge on any atom is -0.388 e. The zero-order valence-corrected chi connectivity index (χ0v) is 9.91. The number of likely N-dealkylation sites (tertiary alicyclic amines) is 1. The number of hydrogen-bond donors (Lipinski definition) is 3. The first kappa shape index (κ1) is 11.5. The minimum absolute atomic E-state index is 0.0539. The highest BCUT2D eigenvalue weighted by Gasteiger charge is 2.37. The number of carbonyl (C=O) groups excluding carboxylic acids is 1. The van der Waals surface area contributed by atoms with Gasteiger partial charge < -0.3 is 20.4 Å². The van der Waals surface area contributed by atoms with E-state index in [9.17, 15) is 15.0 Å². The van der Waals surface area contributed by atoms with Crippen LogP contribution in [-0.4, -0.2) is 52.4 Å². The molecule has 3 rings (SSSR count). The summed E-state index contributed by atoms with van der Waals surface area (Å²) in [4.78, 5) is 13.8. The lowest BCUT2D eigenvalue weighted by Gasteiger charge is -2.20. The van der Waals surface area contributed by atoms with Gasteiger partial charge in [0, 0.05) is 25.2 Å². The van der Waals surface area contributed by atoms with Crippen molar-refractivity contribution in [2.75, 3.05) is 18.4 Å². The van der Waals surface area contributed by atoms with Crippen LogP contribution in [0.1, 0.15) is 5.56 Å². The quantitative estimate of drug-likeness (QED) is 0.631. The fourth-order valence-corrected chi connectivity index (χ4v) is 2.62. The van der Waals surface area contributed by atoms with Crippen LogP contribution in [-0.2, 0) is 11.2 Å². The van der Waals surface area contributed by atoms with Gasteiger partial charge in [0.2, 0.25) is 5.91 Å². The number of β-amino-alcohol motifs (C(OH)–C–C–N with tert-alkyl or cyclic N) is 2. The Morgan fingerprint density at radius 1 is 1.22 bits per heavy atom. The highest BCUT2D eigenvalue weighted by Crippen LogP contribution is 2.26. The Morgan fingerprint density at radius 2 is 1.89 bits per heavy atom. The molecule has 2 heterocycles. The standard InChI is InChI=1S/C13H16N2O3/c16-11-6-15(7-12(11)17)13(18)10-5-8-3-1-2-4-9(8)14-10/h1-4,10-12,14,16-17H,5-7H2/t10-,11-,12+/m0/s1. The van der Waals surface area contributed by atoms with Gasteiger partial charge in [0.25, 0.3) is 0 Å². The summed E-state index contributed by atoms with van der Waals surface area (Å²) in [5.41, 5.74) is 2.13. The number of para-hydroxylation sites is 1. The Bertz CT molecular complexity index is 442. The second-order valence-electron chi connectivity index (χ2n) is 4.94. The summed E-state index contributed by atoms with van der Waals surface area (Å²) in [6.07, 6.45) is -0.979. The Labute approximate surface area is 105 Å². The molecule has 0 bridgehead atoms. The first-order valence-electron chi connectivity index (χ1n) is 6.14. The fourth-order valence-electron chi connectivity index (χ4n) is 2.62. The lowest BCUT2D eigenvalue weighted by molar-refractivity contribution is -0.131. The van der Waals surface area contributed by atoms with E-state index >= 15 is 0 Å². The van der Waals surface area contributed by atoms with Crippen molar-refractivity contribution >= 4 is 11.6 Å². The fraction of sp³-hybridized carbons (Fsp3) is 0.462. The maximum absolute atomic E-state index is 12.2. The van der Waals surface area contributed by atoms with Gasteiger partial charge in [-0.15, -0.1) is 0 Å². The van der Waals surface area contributed by atoms with Crippen LogP contribution in [0.4, 0.5) is 5.69 Å². The monoisotopic (exact) mass is 248 g/mol. The van der Waals surface area contributed by atoms with Crippen molar-refractivity contribution in [3.05, 3.63) is 29.8 Å². The molecule has 3 atom stereocenters. The second kappa shape index (κ2) is 4.26. The first-order valence-corrected chi connectivity index (χ1v) is 6.14. The number of carbonyl (C=O) groups is 1. The van der Waals surface area contributed by atoms with Gasteiger partial charge in [-0.25, -0.2) is 0 Å². The van der Waals surface area contributed by atoms with Crippen LogP contribution in [0.15, 0.2) is 24.3 Å². The maximum atomic E-state index is 12.2. The molecule has 1 amide bonds. The third kappa shape index (κ3) is 1.85. The van der Waals surface area contributed by atoms with E-state index in [-0.39, 0.29) is 25.0 Å². The largest absolute Gasteiger partial charge is 0.388 e. The van der Waals surface area contributed by atoms with Crippen LogP contribution in [0.25, 0.3) is 0 Å². The van der Waals surface area contributed by atoms with Crippen LogP contribution in [0, 0.1) is 0 Å². The molecule has 1 saturated heterocycles. The number of nitrogens with zero attached hydrogens (tertiary/aromatic N) is 1. The molecular weight excluding hydrogens is 232 g/mol. The number of nitrogens with one attached hydrogen (secondary N) is 1. The molecule has 0 saturated carbocycles. The second-order valence-corrected chi connectivity index (χ2v) is 4.94. The first-order chi connectivity index (χ1) is 8.65. The molecule has 2 aliphatic rings. The highest BCUT2D eigenvalue weighted by atomic mass is 16.3. The molecule has 0 aliphatic carbocycles. The summed E-state index contributed by atoms with van der Waals surface area (Å²) in [6.45, 7) is 0.434. The van der Waals surface area contributed by atoms with Crippen LogP contribution in [0.3, 0.4) is 0 Å². The lowest BCUT2D eigenvalue weighted by Crippen LogP contribution is -2.41. The van der Waals surface area contributed by atoms with E-state index in [1.165, 1.54) is 4.90 Å². The number of fused-ring (bicyclic) bond motifs is 1. The number of hydrogen-bond acceptors (Lipinski definition) is 4. The van der Waals surface area contributed by atoms with Gasteiger partial charge in [0.1, 0.15) is 6.04 Å². The van der Waals surface area contributed by atoms with Gasteiger partial charge in [0.05, 0.1) is 12.2 Å². The molecule has 1 aromatic carbocycles. The van der Waals surface area contributed by atoms with Gasteiger partial charge in [-0.3, -0.25) is 4.79 Å². The molecule has 0 aromatic heterocycles. The number of aliphatic hydroxyl groups is 2. The van der Waals surface area contributed by atoms with Crippen LogP contribution in [0.5, 0.6) is 0 Å². The van der Waals surface area contributed by atoms with Gasteiger partial charge in [0.15, 0.2) is 0 Å². The number of rotatable bonds is 1. The molecule has 18 heavy (non-hydrogen) atoms. The third-order valence-corrected chi connectivity index (χ3v) is 3.64. The van der Waals surface area contributed by atoms with Crippen molar-refractivity contribution in [3.63, 3.8) is 0 Å². The van der Waals surface area contributed by atoms with E-state index in [4.69, 9.17) is 0 Å². The molecule has 2 aliphatic heterocycles. The predicted octanol–water partition coefficient (Wildman–Crippen LogP) is -0.413. The summed E-state index contributed by atoms with van der Waals surface area (Å²) >= 11 is 0. The molecular formula is C13H16N2O3. The topological polar surface area (TPSA) is 72.8 Å². The van der Waals surface area contributed by atoms with E-state index in [2.05, 4.69) is 5.32 Å². The van der Waals surface area contributed by atoms with Crippen molar-refractivity contribution in [3.8, 4) is 0 Å². The van der Waals surface area contributed by atoms with E-state index < -0.39 is 12.2 Å². The van der Waals surface area contributed by atoms with Crippen molar-refractivity contribution in [2.24, 2.45) is 0 Å². The Hall–Kier alpha value is -1.59.